The molecule has 1 amide bonds. The van der Waals surface area contributed by atoms with Crippen molar-refractivity contribution in [1.29, 1.82) is 0 Å². The molecule has 29 heavy (non-hydrogen) atoms. The Labute approximate surface area is 166 Å². The van der Waals surface area contributed by atoms with Gasteiger partial charge in [-0.25, -0.2) is 10.1 Å². The minimum Gasteiger partial charge on any atom is -0.493 e. The second kappa shape index (κ2) is 8.95. The molecule has 3 aromatic rings. The Kier molecular flexibility index (Phi) is 6.17. The smallest absolute Gasteiger partial charge is 0.293 e. The van der Waals surface area contributed by atoms with Crippen LogP contribution in [0.1, 0.15) is 48.9 Å². The van der Waals surface area contributed by atoms with Crippen LogP contribution >= 0.6 is 0 Å². The van der Waals surface area contributed by atoms with Crippen LogP contribution in [0, 0.1) is 0 Å². The number of nitrogens with zero attached hydrogens (tertiary/aromatic N) is 6. The normalized spacial score (nSPS) is 11.5. The lowest BCUT2D eigenvalue weighted by Gasteiger charge is -2.09. The summed E-state index contributed by atoms with van der Waals surface area (Å²) in [5.74, 6) is 0.436. The number of carbonyl (C=O) groups excluding carboxylic acids is 1. The summed E-state index contributed by atoms with van der Waals surface area (Å²) in [6.45, 7) is 6.18. The number of aromatic nitrogens is 5. The van der Waals surface area contributed by atoms with Crippen LogP contribution in [0.3, 0.4) is 0 Å². The number of nitrogens with one attached hydrogen (secondary N) is 1. The van der Waals surface area contributed by atoms with Crippen molar-refractivity contribution in [2.24, 2.45) is 5.10 Å². The van der Waals surface area contributed by atoms with Gasteiger partial charge in [-0.1, -0.05) is 30.7 Å². The molecule has 0 radical (unpaired) electrons. The topological polar surface area (TPSA) is 146 Å². The summed E-state index contributed by atoms with van der Waals surface area (Å²) in [5.41, 5.74) is 10.3. The zero-order chi connectivity index (χ0) is 20.8. The van der Waals surface area contributed by atoms with Crippen molar-refractivity contribution in [2.75, 3.05) is 12.3 Å². The van der Waals surface area contributed by atoms with E-state index < -0.39 is 5.91 Å². The molecule has 0 aliphatic heterocycles. The highest BCUT2D eigenvalue weighted by molar-refractivity contribution is 6.02. The number of ether oxygens (including phenoxy) is 1. The van der Waals surface area contributed by atoms with Gasteiger partial charge < -0.3 is 10.5 Å². The number of carbonyl (C=O) groups is 1. The van der Waals surface area contributed by atoms with Gasteiger partial charge in [0.2, 0.25) is 11.6 Å². The highest BCUT2D eigenvalue weighted by Crippen LogP contribution is 2.19. The summed E-state index contributed by atoms with van der Waals surface area (Å²) >= 11 is 0. The maximum atomic E-state index is 12.7. The van der Waals surface area contributed by atoms with Gasteiger partial charge >= 0.3 is 0 Å². The summed E-state index contributed by atoms with van der Waals surface area (Å²) in [6, 6.07) is 7.47. The van der Waals surface area contributed by atoms with E-state index >= 15 is 0 Å². The highest BCUT2D eigenvalue weighted by Gasteiger charge is 2.23. The number of nitrogen functional groups attached to an aromatic ring is 1. The predicted molar refractivity (Wildman–Crippen MR) is 105 cm³/mol. The van der Waals surface area contributed by atoms with Crippen LogP contribution < -0.4 is 15.9 Å². The Morgan fingerprint density at radius 3 is 2.79 bits per heavy atom. The fourth-order valence-corrected chi connectivity index (χ4v) is 2.74. The van der Waals surface area contributed by atoms with Crippen LogP contribution in [-0.4, -0.2) is 43.5 Å². The first-order chi connectivity index (χ1) is 14.1. The number of hydrogen-bond acceptors (Lipinski definition) is 9. The van der Waals surface area contributed by atoms with Gasteiger partial charge in [0.1, 0.15) is 5.75 Å². The Balaban J connectivity index is 1.85. The maximum Gasteiger partial charge on any atom is 0.293 e. The number of hydrazone groups is 1. The van der Waals surface area contributed by atoms with E-state index in [1.165, 1.54) is 4.68 Å². The van der Waals surface area contributed by atoms with Crippen molar-refractivity contribution >= 4 is 17.4 Å². The average molecular weight is 398 g/mol. The fourth-order valence-electron chi connectivity index (χ4n) is 2.74. The van der Waals surface area contributed by atoms with Gasteiger partial charge in [0.15, 0.2) is 5.69 Å². The van der Waals surface area contributed by atoms with Gasteiger partial charge in [-0.05, 0) is 42.7 Å². The molecule has 3 N–H and O–H groups in total. The molecule has 0 unspecified atom stereocenters. The van der Waals surface area contributed by atoms with E-state index in [4.69, 9.17) is 10.5 Å². The molecular formula is C18H22N8O3. The number of rotatable bonds is 8. The van der Waals surface area contributed by atoms with Crippen molar-refractivity contribution in [1.82, 2.24) is 30.7 Å². The van der Waals surface area contributed by atoms with Gasteiger partial charge in [-0.3, -0.25) is 4.79 Å². The molecule has 11 nitrogen and oxygen atoms in total. The van der Waals surface area contributed by atoms with E-state index in [-0.39, 0.29) is 17.3 Å². The molecule has 2 heterocycles. The van der Waals surface area contributed by atoms with Crippen molar-refractivity contribution in [3.63, 3.8) is 0 Å². The summed E-state index contributed by atoms with van der Waals surface area (Å²) in [6.07, 6.45) is 1.28. The van der Waals surface area contributed by atoms with E-state index in [1.54, 1.807) is 6.92 Å². The lowest BCUT2D eigenvalue weighted by atomic mass is 10.1. The number of hydrogen-bond donors (Lipinski definition) is 2. The number of anilines is 1. The first-order valence-corrected chi connectivity index (χ1v) is 9.16. The number of para-hydroxylation sites is 1. The van der Waals surface area contributed by atoms with E-state index in [9.17, 15) is 4.79 Å². The van der Waals surface area contributed by atoms with E-state index in [0.717, 1.165) is 12.0 Å². The minimum atomic E-state index is -0.497. The molecule has 11 heteroatoms. The largest absolute Gasteiger partial charge is 0.493 e. The third-order valence-electron chi connectivity index (χ3n) is 4.06. The van der Waals surface area contributed by atoms with Gasteiger partial charge in [-0.2, -0.15) is 9.78 Å². The molecule has 152 valence electrons. The highest BCUT2D eigenvalue weighted by atomic mass is 16.6. The SMILES string of the molecule is CCCc1c(C(=O)N/N=C(\C)c2ccccc2OCC)nnn1-c1nonc1N. The number of benzene rings is 1. The van der Waals surface area contributed by atoms with Gasteiger partial charge in [0.05, 0.1) is 18.0 Å². The van der Waals surface area contributed by atoms with Crippen molar-refractivity contribution in [2.45, 2.75) is 33.6 Å². The zero-order valence-electron chi connectivity index (χ0n) is 16.4. The van der Waals surface area contributed by atoms with Crippen LogP contribution in [0.5, 0.6) is 5.75 Å². The molecule has 0 saturated heterocycles. The van der Waals surface area contributed by atoms with E-state index in [2.05, 4.69) is 35.8 Å². The Hall–Kier alpha value is -3.76. The van der Waals surface area contributed by atoms with Crippen LogP contribution in [0.25, 0.3) is 5.82 Å². The summed E-state index contributed by atoms with van der Waals surface area (Å²) in [4.78, 5) is 12.7. The lowest BCUT2D eigenvalue weighted by Crippen LogP contribution is -2.22. The zero-order valence-corrected chi connectivity index (χ0v) is 16.4. The van der Waals surface area contributed by atoms with Crippen molar-refractivity contribution < 1.29 is 14.2 Å². The van der Waals surface area contributed by atoms with Gasteiger partial charge in [0.25, 0.3) is 5.91 Å². The lowest BCUT2D eigenvalue weighted by molar-refractivity contribution is 0.0948. The molecular weight excluding hydrogens is 376 g/mol. The summed E-state index contributed by atoms with van der Waals surface area (Å²) in [5, 5.41) is 19.4. The van der Waals surface area contributed by atoms with Crippen LogP contribution in [0.4, 0.5) is 5.82 Å². The van der Waals surface area contributed by atoms with E-state index in [1.807, 2.05) is 38.1 Å². The number of nitrogens with two attached hydrogens (primary N) is 1. The number of amides is 1. The molecule has 1 aromatic carbocycles. The molecule has 0 bridgehead atoms. The summed E-state index contributed by atoms with van der Waals surface area (Å²) < 4.78 is 11.6. The first-order valence-electron chi connectivity index (χ1n) is 9.16. The standard InChI is InChI=1S/C18H22N8O3/c1-4-8-13-15(21-25-26(13)17-16(19)23-29-24-17)18(27)22-20-11(3)12-9-6-7-10-14(12)28-5-2/h6-7,9-10H,4-5,8H2,1-3H3,(H2,19,23)(H,22,27)/b20-11+. The Morgan fingerprint density at radius 2 is 2.10 bits per heavy atom. The molecule has 0 aliphatic rings. The monoisotopic (exact) mass is 398 g/mol. The molecule has 2 aromatic heterocycles. The Bertz CT molecular complexity index is 1020. The second-order valence-electron chi connectivity index (χ2n) is 6.09. The molecule has 0 aliphatic carbocycles. The second-order valence-corrected chi connectivity index (χ2v) is 6.09. The predicted octanol–water partition coefficient (Wildman–Crippen LogP) is 1.74. The molecule has 0 atom stereocenters. The Morgan fingerprint density at radius 1 is 1.31 bits per heavy atom. The maximum absolute atomic E-state index is 12.7. The average Bonchev–Trinajstić information content (AvgIpc) is 3.32. The van der Waals surface area contributed by atoms with E-state index in [0.29, 0.717) is 30.2 Å². The molecule has 0 fully saturated rings. The van der Waals surface area contributed by atoms with Crippen LogP contribution in [0.2, 0.25) is 0 Å². The van der Waals surface area contributed by atoms with Crippen molar-refractivity contribution in [3.8, 4) is 11.6 Å². The fraction of sp³-hybridized carbons (Fsp3) is 0.333. The van der Waals surface area contributed by atoms with Gasteiger partial charge in [-0.15, -0.1) is 5.10 Å². The molecule has 0 spiro atoms. The van der Waals surface area contributed by atoms with Crippen LogP contribution in [0.15, 0.2) is 34.0 Å². The third kappa shape index (κ3) is 4.23. The van der Waals surface area contributed by atoms with Crippen molar-refractivity contribution in [3.05, 3.63) is 41.2 Å². The third-order valence-corrected chi connectivity index (χ3v) is 4.06. The quantitative estimate of drug-likeness (QED) is 0.431. The van der Waals surface area contributed by atoms with Gasteiger partial charge in [0, 0.05) is 5.56 Å². The first kappa shape index (κ1) is 20.0. The van der Waals surface area contributed by atoms with Crippen LogP contribution in [-0.2, 0) is 6.42 Å². The molecule has 3 rings (SSSR count). The molecule has 0 saturated carbocycles. The summed E-state index contributed by atoms with van der Waals surface area (Å²) in [7, 11) is 0. The minimum absolute atomic E-state index is 0.0561.